The number of nitrogens with zero attached hydrogens (tertiary/aromatic N) is 4. The Balaban J connectivity index is 0.00000320. The summed E-state index contributed by atoms with van der Waals surface area (Å²) in [4.78, 5) is 23.6. The number of halogens is 2. The third kappa shape index (κ3) is 7.16. The van der Waals surface area contributed by atoms with Gasteiger partial charge in [0.05, 0.1) is 6.61 Å². The minimum Gasteiger partial charge on any atom is -0.381 e. The summed E-state index contributed by atoms with van der Waals surface area (Å²) in [5.41, 5.74) is 1.14. The van der Waals surface area contributed by atoms with E-state index in [1.165, 1.54) is 0 Å². The number of hydrogen-bond donors (Lipinski definition) is 1. The molecule has 2 heterocycles. The molecule has 1 atom stereocenters. The highest BCUT2D eigenvalue weighted by molar-refractivity contribution is 14.0. The summed E-state index contributed by atoms with van der Waals surface area (Å²) in [6.07, 6.45) is 1.08. The number of nitrogens with one attached hydrogen (secondary N) is 1. The monoisotopic (exact) mass is 549 g/mol. The molecule has 1 aromatic carbocycles. The number of ether oxygens (including phenoxy) is 1. The Morgan fingerprint density at radius 2 is 1.97 bits per heavy atom. The molecule has 1 unspecified atom stereocenters. The Kier molecular flexibility index (Phi) is 10.5. The Morgan fingerprint density at radius 1 is 1.27 bits per heavy atom. The molecule has 30 heavy (non-hydrogen) atoms. The number of guanidine groups is 1. The molecule has 3 rings (SSSR count). The Morgan fingerprint density at radius 3 is 2.57 bits per heavy atom. The Bertz CT molecular complexity index is 689. The van der Waals surface area contributed by atoms with Gasteiger partial charge in [0.15, 0.2) is 5.96 Å². The van der Waals surface area contributed by atoms with Crippen molar-refractivity contribution in [1.29, 1.82) is 0 Å². The second-order valence-electron chi connectivity index (χ2n) is 7.62. The van der Waals surface area contributed by atoms with Crippen molar-refractivity contribution in [1.82, 2.24) is 15.1 Å². The van der Waals surface area contributed by atoms with Crippen molar-refractivity contribution in [3.63, 3.8) is 0 Å². The fourth-order valence-corrected chi connectivity index (χ4v) is 3.91. The highest BCUT2D eigenvalue weighted by Crippen LogP contribution is 2.19. The summed E-state index contributed by atoms with van der Waals surface area (Å²) in [5.74, 6) is 1.39. The van der Waals surface area contributed by atoms with Gasteiger partial charge in [-0.25, -0.2) is 4.99 Å². The first kappa shape index (κ1) is 25.0. The van der Waals surface area contributed by atoms with Gasteiger partial charge < -0.3 is 24.8 Å². The first-order valence-corrected chi connectivity index (χ1v) is 10.8. The van der Waals surface area contributed by atoms with Crippen molar-refractivity contribution < 1.29 is 9.53 Å². The quantitative estimate of drug-likeness (QED) is 0.336. The highest BCUT2D eigenvalue weighted by atomic mass is 127. The predicted octanol–water partition coefficient (Wildman–Crippen LogP) is 2.54. The van der Waals surface area contributed by atoms with Crippen LogP contribution in [0.1, 0.15) is 13.3 Å². The number of amides is 1. The molecule has 0 saturated carbocycles. The second-order valence-corrected chi connectivity index (χ2v) is 8.06. The van der Waals surface area contributed by atoms with E-state index < -0.39 is 0 Å². The van der Waals surface area contributed by atoms with E-state index >= 15 is 0 Å². The summed E-state index contributed by atoms with van der Waals surface area (Å²) in [6, 6.07) is 7.86. The van der Waals surface area contributed by atoms with Gasteiger partial charge in [-0.05, 0) is 37.6 Å². The third-order valence-corrected chi connectivity index (χ3v) is 5.69. The van der Waals surface area contributed by atoms with E-state index in [9.17, 15) is 4.79 Å². The molecule has 1 N–H and O–H groups in total. The largest absolute Gasteiger partial charge is 0.381 e. The Labute approximate surface area is 201 Å². The average Bonchev–Trinajstić information content (AvgIpc) is 3.24. The first-order valence-electron chi connectivity index (χ1n) is 10.4. The van der Waals surface area contributed by atoms with Crippen molar-refractivity contribution in [2.75, 3.05) is 71.0 Å². The van der Waals surface area contributed by atoms with E-state index in [0.29, 0.717) is 19.0 Å². The maximum atomic E-state index is 12.7. The molecular formula is C21H33ClIN5O2. The van der Waals surface area contributed by atoms with E-state index in [-0.39, 0.29) is 36.4 Å². The lowest BCUT2D eigenvalue weighted by atomic mass is 10.1. The molecule has 0 bridgehead atoms. The number of hydrogen-bond acceptors (Lipinski definition) is 4. The van der Waals surface area contributed by atoms with Crippen molar-refractivity contribution in [2.45, 2.75) is 13.3 Å². The van der Waals surface area contributed by atoms with Gasteiger partial charge in [-0.3, -0.25) is 4.79 Å². The number of aliphatic imine (C=N–C) groups is 1. The van der Waals surface area contributed by atoms with Crippen LogP contribution in [0.5, 0.6) is 0 Å². The van der Waals surface area contributed by atoms with Gasteiger partial charge >= 0.3 is 0 Å². The molecular weight excluding hydrogens is 517 g/mol. The molecule has 7 nitrogen and oxygen atoms in total. The van der Waals surface area contributed by atoms with E-state index in [2.05, 4.69) is 20.1 Å². The molecule has 2 fully saturated rings. The molecule has 9 heteroatoms. The van der Waals surface area contributed by atoms with Gasteiger partial charge in [-0.2, -0.15) is 0 Å². The van der Waals surface area contributed by atoms with E-state index in [1.807, 2.05) is 43.1 Å². The summed E-state index contributed by atoms with van der Waals surface area (Å²) in [6.45, 7) is 8.59. The number of benzene rings is 1. The molecule has 1 aromatic rings. The number of carbonyl (C=O) groups excluding carboxylic acids is 1. The minimum absolute atomic E-state index is 0. The van der Waals surface area contributed by atoms with Gasteiger partial charge in [0.25, 0.3) is 0 Å². The van der Waals surface area contributed by atoms with Gasteiger partial charge in [0.1, 0.15) is 6.54 Å². The lowest BCUT2D eigenvalue weighted by Crippen LogP contribution is -2.49. The topological polar surface area (TPSA) is 60.4 Å². The van der Waals surface area contributed by atoms with Crippen molar-refractivity contribution in [2.24, 2.45) is 10.9 Å². The van der Waals surface area contributed by atoms with Crippen LogP contribution in [0.25, 0.3) is 0 Å². The van der Waals surface area contributed by atoms with Gasteiger partial charge in [0, 0.05) is 69.6 Å². The van der Waals surface area contributed by atoms with E-state index in [1.54, 1.807) is 0 Å². The lowest BCUT2D eigenvalue weighted by molar-refractivity contribution is -0.129. The fourth-order valence-electron chi connectivity index (χ4n) is 3.78. The molecule has 0 radical (unpaired) electrons. The third-order valence-electron chi connectivity index (χ3n) is 5.44. The van der Waals surface area contributed by atoms with Crippen LogP contribution in [-0.2, 0) is 9.53 Å². The molecule has 2 saturated heterocycles. The van der Waals surface area contributed by atoms with E-state index in [4.69, 9.17) is 16.3 Å². The summed E-state index contributed by atoms with van der Waals surface area (Å²) in [7, 11) is 2.02. The van der Waals surface area contributed by atoms with Crippen LogP contribution in [0.2, 0.25) is 5.02 Å². The normalized spacial score (nSPS) is 19.4. The zero-order chi connectivity index (χ0) is 20.6. The maximum absolute atomic E-state index is 12.7. The van der Waals surface area contributed by atoms with Crippen LogP contribution in [-0.4, -0.2) is 87.7 Å². The van der Waals surface area contributed by atoms with Crippen LogP contribution in [0.15, 0.2) is 29.3 Å². The van der Waals surface area contributed by atoms with Crippen molar-refractivity contribution >= 4 is 53.1 Å². The summed E-state index contributed by atoms with van der Waals surface area (Å²) >= 11 is 5.97. The molecule has 0 aliphatic carbocycles. The zero-order valence-electron chi connectivity index (χ0n) is 17.8. The molecule has 0 aromatic heterocycles. The smallest absolute Gasteiger partial charge is 0.244 e. The van der Waals surface area contributed by atoms with Crippen LogP contribution in [0.4, 0.5) is 5.69 Å². The SMILES string of the molecule is CCNC(=NCC(=O)N1CCN(c2ccc(Cl)cc2)CC1)N(C)CC1CCOC1.I. The van der Waals surface area contributed by atoms with Gasteiger partial charge in [-0.15, -0.1) is 24.0 Å². The van der Waals surface area contributed by atoms with Crippen LogP contribution in [0, 0.1) is 5.92 Å². The van der Waals surface area contributed by atoms with Gasteiger partial charge in [-0.1, -0.05) is 11.6 Å². The Hall–Kier alpha value is -1.26. The van der Waals surface area contributed by atoms with Crippen LogP contribution >= 0.6 is 35.6 Å². The lowest BCUT2D eigenvalue weighted by Gasteiger charge is -2.36. The zero-order valence-corrected chi connectivity index (χ0v) is 20.9. The van der Waals surface area contributed by atoms with Crippen molar-refractivity contribution in [3.05, 3.63) is 29.3 Å². The highest BCUT2D eigenvalue weighted by Gasteiger charge is 2.22. The van der Waals surface area contributed by atoms with Crippen molar-refractivity contribution in [3.8, 4) is 0 Å². The molecule has 2 aliphatic heterocycles. The number of carbonyl (C=O) groups is 1. The number of anilines is 1. The minimum atomic E-state index is 0. The molecule has 2 aliphatic rings. The van der Waals surface area contributed by atoms with Crippen LogP contribution in [0.3, 0.4) is 0 Å². The average molecular weight is 550 g/mol. The fraction of sp³-hybridized carbons (Fsp3) is 0.619. The number of piperazine rings is 1. The second kappa shape index (κ2) is 12.6. The summed E-state index contributed by atoms with van der Waals surface area (Å²) < 4.78 is 5.46. The predicted molar refractivity (Wildman–Crippen MR) is 133 cm³/mol. The standard InChI is InChI=1S/C21H32ClN5O2.HI/c1-3-23-21(25(2)15-17-8-13-29-16-17)24-14-20(28)27-11-9-26(10-12-27)19-6-4-18(22)5-7-19;/h4-7,17H,3,8-16H2,1-2H3,(H,23,24);1H. The van der Waals surface area contributed by atoms with Crippen LogP contribution < -0.4 is 10.2 Å². The van der Waals surface area contributed by atoms with Gasteiger partial charge in [0.2, 0.25) is 5.91 Å². The maximum Gasteiger partial charge on any atom is 0.244 e. The number of rotatable bonds is 6. The van der Waals surface area contributed by atoms with E-state index in [0.717, 1.165) is 62.5 Å². The first-order chi connectivity index (χ1) is 14.1. The summed E-state index contributed by atoms with van der Waals surface area (Å²) in [5, 5.41) is 4.03. The molecule has 168 valence electrons. The molecule has 0 spiro atoms. The molecule has 1 amide bonds.